The first kappa shape index (κ1) is 18.2. The van der Waals surface area contributed by atoms with Gasteiger partial charge in [-0.2, -0.15) is 5.10 Å². The van der Waals surface area contributed by atoms with Crippen LogP contribution in [-0.2, 0) is 16.1 Å². The number of anilines is 1. The molecule has 0 fully saturated rings. The predicted octanol–water partition coefficient (Wildman–Crippen LogP) is 2.77. The van der Waals surface area contributed by atoms with E-state index in [2.05, 4.69) is 25.1 Å². The number of rotatable bonds is 5. The molecule has 0 amide bonds. The van der Waals surface area contributed by atoms with Crippen LogP contribution in [0.2, 0.25) is 10.0 Å². The summed E-state index contributed by atoms with van der Waals surface area (Å²) < 4.78 is 6.03. The average molecular weight is 396 g/mol. The number of aromatic nitrogens is 4. The SMILES string of the molecule is COC(=O)C(C)n1cc2nc(NCc3ccc(Cl)c(Cl)c3)[nH]c(=O)c2n1. The van der Waals surface area contributed by atoms with Crippen molar-refractivity contribution in [2.45, 2.75) is 19.5 Å². The molecule has 0 aliphatic rings. The van der Waals surface area contributed by atoms with Gasteiger partial charge >= 0.3 is 5.97 Å². The molecule has 136 valence electrons. The van der Waals surface area contributed by atoms with Crippen LogP contribution in [0.25, 0.3) is 11.0 Å². The molecule has 0 bridgehead atoms. The van der Waals surface area contributed by atoms with Gasteiger partial charge in [0.05, 0.1) is 23.4 Å². The Balaban J connectivity index is 1.84. The van der Waals surface area contributed by atoms with Gasteiger partial charge in [0.25, 0.3) is 5.56 Å². The van der Waals surface area contributed by atoms with E-state index < -0.39 is 17.6 Å². The Labute approximate surface area is 158 Å². The van der Waals surface area contributed by atoms with Crippen molar-refractivity contribution in [3.8, 4) is 0 Å². The molecule has 1 atom stereocenters. The number of methoxy groups -OCH3 is 1. The molecule has 1 unspecified atom stereocenters. The number of nitrogens with one attached hydrogen (secondary N) is 2. The number of halogens is 2. The minimum absolute atomic E-state index is 0.140. The number of hydrogen-bond acceptors (Lipinski definition) is 6. The zero-order valence-corrected chi connectivity index (χ0v) is 15.4. The minimum Gasteiger partial charge on any atom is -0.467 e. The largest absolute Gasteiger partial charge is 0.467 e. The molecule has 3 aromatic rings. The van der Waals surface area contributed by atoms with Gasteiger partial charge in [0.2, 0.25) is 5.95 Å². The van der Waals surface area contributed by atoms with Gasteiger partial charge in [-0.05, 0) is 24.6 Å². The van der Waals surface area contributed by atoms with Gasteiger partial charge in [0.1, 0.15) is 11.6 Å². The van der Waals surface area contributed by atoms with Crippen molar-refractivity contribution in [2.24, 2.45) is 0 Å². The van der Waals surface area contributed by atoms with E-state index in [1.165, 1.54) is 18.0 Å². The summed E-state index contributed by atoms with van der Waals surface area (Å²) in [5.74, 6) is -0.189. The third-order valence-corrected chi connectivity index (χ3v) is 4.51. The lowest BCUT2D eigenvalue weighted by Crippen LogP contribution is -2.18. The Morgan fingerprint density at radius 2 is 2.15 bits per heavy atom. The van der Waals surface area contributed by atoms with Gasteiger partial charge in [-0.3, -0.25) is 14.5 Å². The fraction of sp³-hybridized carbons (Fsp3) is 0.250. The van der Waals surface area contributed by atoms with Gasteiger partial charge in [0.15, 0.2) is 5.52 Å². The third-order valence-electron chi connectivity index (χ3n) is 3.77. The highest BCUT2D eigenvalue weighted by Gasteiger charge is 2.18. The molecule has 1 aromatic carbocycles. The quantitative estimate of drug-likeness (QED) is 0.643. The molecule has 0 spiro atoms. The van der Waals surface area contributed by atoms with E-state index in [9.17, 15) is 9.59 Å². The topological polar surface area (TPSA) is 102 Å². The van der Waals surface area contributed by atoms with Crippen LogP contribution >= 0.6 is 23.2 Å². The Morgan fingerprint density at radius 1 is 1.38 bits per heavy atom. The summed E-state index contributed by atoms with van der Waals surface area (Å²) in [6, 6.07) is 4.57. The van der Waals surface area contributed by atoms with Gasteiger partial charge in [-0.25, -0.2) is 9.78 Å². The van der Waals surface area contributed by atoms with Gasteiger partial charge in [0, 0.05) is 6.54 Å². The number of hydrogen-bond donors (Lipinski definition) is 2. The molecule has 3 rings (SSSR count). The van der Waals surface area contributed by atoms with Gasteiger partial charge in [-0.1, -0.05) is 29.3 Å². The molecule has 0 aliphatic heterocycles. The van der Waals surface area contributed by atoms with Crippen LogP contribution in [0.4, 0.5) is 5.95 Å². The van der Waals surface area contributed by atoms with E-state index in [0.717, 1.165) is 5.56 Å². The zero-order valence-electron chi connectivity index (χ0n) is 13.9. The van der Waals surface area contributed by atoms with Crippen molar-refractivity contribution in [1.82, 2.24) is 19.7 Å². The highest BCUT2D eigenvalue weighted by atomic mass is 35.5. The second kappa shape index (κ2) is 7.35. The number of nitrogens with zero attached hydrogens (tertiary/aromatic N) is 3. The van der Waals surface area contributed by atoms with Crippen LogP contribution in [-0.4, -0.2) is 32.8 Å². The number of aromatic amines is 1. The van der Waals surface area contributed by atoms with Crippen LogP contribution in [0.1, 0.15) is 18.5 Å². The Morgan fingerprint density at radius 3 is 2.85 bits per heavy atom. The Kier molecular flexibility index (Phi) is 5.15. The molecule has 10 heteroatoms. The lowest BCUT2D eigenvalue weighted by molar-refractivity contribution is -0.144. The van der Waals surface area contributed by atoms with Crippen molar-refractivity contribution in [3.63, 3.8) is 0 Å². The molecule has 0 radical (unpaired) electrons. The molecule has 2 heterocycles. The molecule has 8 nitrogen and oxygen atoms in total. The van der Waals surface area contributed by atoms with Crippen LogP contribution in [0.3, 0.4) is 0 Å². The monoisotopic (exact) mass is 395 g/mol. The predicted molar refractivity (Wildman–Crippen MR) is 98.7 cm³/mol. The highest BCUT2D eigenvalue weighted by Crippen LogP contribution is 2.23. The molecule has 0 saturated heterocycles. The first-order valence-corrected chi connectivity index (χ1v) is 8.39. The van der Waals surface area contributed by atoms with E-state index in [1.807, 2.05) is 6.07 Å². The summed E-state index contributed by atoms with van der Waals surface area (Å²) in [7, 11) is 1.29. The van der Waals surface area contributed by atoms with Crippen molar-refractivity contribution in [2.75, 3.05) is 12.4 Å². The second-order valence-electron chi connectivity index (χ2n) is 5.56. The van der Waals surface area contributed by atoms with Gasteiger partial charge in [-0.15, -0.1) is 0 Å². The summed E-state index contributed by atoms with van der Waals surface area (Å²) in [5.41, 5.74) is 0.960. The van der Waals surface area contributed by atoms with Crippen LogP contribution < -0.4 is 10.9 Å². The van der Waals surface area contributed by atoms with E-state index in [1.54, 1.807) is 19.1 Å². The molecule has 2 aromatic heterocycles. The summed E-state index contributed by atoms with van der Waals surface area (Å²) >= 11 is 11.9. The van der Waals surface area contributed by atoms with Crippen LogP contribution in [0.15, 0.2) is 29.2 Å². The number of fused-ring (bicyclic) bond motifs is 1. The lowest BCUT2D eigenvalue weighted by atomic mass is 10.2. The first-order chi connectivity index (χ1) is 12.4. The molecule has 2 N–H and O–H groups in total. The zero-order chi connectivity index (χ0) is 18.8. The summed E-state index contributed by atoms with van der Waals surface area (Å²) in [5, 5.41) is 8.04. The van der Waals surface area contributed by atoms with E-state index in [-0.39, 0.29) is 11.5 Å². The molecule has 0 aliphatic carbocycles. The fourth-order valence-corrected chi connectivity index (χ4v) is 2.66. The maximum absolute atomic E-state index is 12.2. The number of H-pyrrole nitrogens is 1. The van der Waals surface area contributed by atoms with Crippen LogP contribution in [0.5, 0.6) is 0 Å². The first-order valence-electron chi connectivity index (χ1n) is 7.64. The van der Waals surface area contributed by atoms with E-state index in [4.69, 9.17) is 23.2 Å². The maximum atomic E-state index is 12.2. The minimum atomic E-state index is -0.666. The summed E-state index contributed by atoms with van der Waals surface area (Å²) in [4.78, 5) is 30.8. The summed E-state index contributed by atoms with van der Waals surface area (Å²) in [6.45, 7) is 2.01. The third kappa shape index (κ3) is 3.66. The number of carbonyl (C=O) groups is 1. The van der Waals surface area contributed by atoms with Crippen molar-refractivity contribution >= 4 is 46.2 Å². The Hall–Kier alpha value is -2.58. The van der Waals surface area contributed by atoms with Gasteiger partial charge < -0.3 is 10.1 Å². The van der Waals surface area contributed by atoms with Crippen molar-refractivity contribution < 1.29 is 9.53 Å². The molecule has 26 heavy (non-hydrogen) atoms. The second-order valence-corrected chi connectivity index (χ2v) is 6.37. The molecular formula is C16H15Cl2N5O3. The maximum Gasteiger partial charge on any atom is 0.330 e. The number of esters is 1. The average Bonchev–Trinajstić information content (AvgIpc) is 3.06. The van der Waals surface area contributed by atoms with Crippen molar-refractivity contribution in [3.05, 3.63) is 50.4 Å². The van der Waals surface area contributed by atoms with Crippen LogP contribution in [0, 0.1) is 0 Å². The lowest BCUT2D eigenvalue weighted by Gasteiger charge is -2.08. The Bertz CT molecular complexity index is 1030. The fourth-order valence-electron chi connectivity index (χ4n) is 2.34. The highest BCUT2D eigenvalue weighted by molar-refractivity contribution is 6.42. The summed E-state index contributed by atoms with van der Waals surface area (Å²) in [6.07, 6.45) is 1.52. The van der Waals surface area contributed by atoms with Crippen molar-refractivity contribution in [1.29, 1.82) is 0 Å². The smallest absolute Gasteiger partial charge is 0.330 e. The number of carbonyl (C=O) groups excluding carboxylic acids is 1. The number of ether oxygens (including phenoxy) is 1. The normalized spacial score (nSPS) is 12.2. The molecule has 0 saturated carbocycles. The van der Waals surface area contributed by atoms with E-state index in [0.29, 0.717) is 22.1 Å². The molecular weight excluding hydrogens is 381 g/mol. The van der Waals surface area contributed by atoms with E-state index >= 15 is 0 Å². The standard InChI is InChI=1S/C16H15Cl2N5O3/c1-8(15(25)26-2)23-7-12-13(22-23)14(24)21-16(20-12)19-6-9-3-4-10(17)11(18)5-9/h3-5,7-8H,6H2,1-2H3,(H2,19,20,21,24). The number of benzene rings is 1.